The maximum absolute atomic E-state index is 12.8. The molecule has 0 aliphatic rings. The van der Waals surface area contributed by atoms with Crippen LogP contribution in [0.25, 0.3) is 0 Å². The van der Waals surface area contributed by atoms with Crippen LogP contribution in [0.4, 0.5) is 0 Å². The van der Waals surface area contributed by atoms with Crippen LogP contribution in [0.15, 0.2) is 12.2 Å². The molecule has 6 N–H and O–H groups in total. The molecule has 0 aromatic heterocycles. The highest BCUT2D eigenvalue weighted by Crippen LogP contribution is 2.43. The number of phosphoric acid groups is 1. The molecular weight excluding hydrogens is 748 g/mol. The number of amides is 1. The molecule has 58 heavy (non-hydrogen) atoms. The molecule has 0 saturated carbocycles. The molecule has 0 heterocycles. The molecule has 4 unspecified atom stereocenters. The van der Waals surface area contributed by atoms with Crippen LogP contribution in [0.5, 0.6) is 0 Å². The van der Waals surface area contributed by atoms with Gasteiger partial charge in [-0.1, -0.05) is 238 Å². The van der Waals surface area contributed by atoms with Gasteiger partial charge in [-0.05, 0) is 19.3 Å². The van der Waals surface area contributed by atoms with E-state index in [9.17, 15) is 24.5 Å². The molecule has 0 radical (unpaired) electrons. The number of allylic oxidation sites excluding steroid dienone is 1. The van der Waals surface area contributed by atoms with Gasteiger partial charge in [0.1, 0.15) is 0 Å². The van der Waals surface area contributed by atoms with Crippen molar-refractivity contribution < 1.29 is 33.5 Å². The van der Waals surface area contributed by atoms with Crippen molar-refractivity contribution in [1.29, 1.82) is 0 Å². The van der Waals surface area contributed by atoms with Crippen molar-refractivity contribution in [3.63, 3.8) is 0 Å². The van der Waals surface area contributed by atoms with Crippen LogP contribution in [0.1, 0.15) is 251 Å². The Hall–Kier alpha value is -0.800. The minimum absolute atomic E-state index is 0.0517. The van der Waals surface area contributed by atoms with E-state index in [-0.39, 0.29) is 19.6 Å². The number of phosphoric ester groups is 1. The summed E-state index contributed by atoms with van der Waals surface area (Å²) < 4.78 is 22.2. The van der Waals surface area contributed by atoms with Gasteiger partial charge >= 0.3 is 7.82 Å². The second kappa shape index (κ2) is 44.3. The molecule has 0 aromatic rings. The lowest BCUT2D eigenvalue weighted by Crippen LogP contribution is -2.46. The molecular formula is C48H97N2O7P. The Balaban J connectivity index is 4.20. The Kier molecular flexibility index (Phi) is 43.7. The monoisotopic (exact) mass is 845 g/mol. The molecule has 1 amide bonds. The van der Waals surface area contributed by atoms with E-state index in [1.165, 1.54) is 186 Å². The molecule has 0 aliphatic carbocycles. The van der Waals surface area contributed by atoms with Crippen LogP contribution in [0.3, 0.4) is 0 Å². The standard InChI is InChI=1S/C48H97N2O7P/c1-3-5-7-9-11-13-15-17-19-20-21-22-23-24-26-28-30-32-34-36-38-40-47(52)46(44-57-58(54,55)56-42-41-49)50-48(53)43-45(51)39-37-35-33-31-29-27-25-18-16-14-12-10-8-6-4-2/h38,40,45-47,51-52H,3-37,39,41-44,49H2,1-2H3,(H,50,53)(H,54,55)/b40-38+. The molecule has 346 valence electrons. The van der Waals surface area contributed by atoms with Crippen molar-refractivity contribution in [2.75, 3.05) is 19.8 Å². The smallest absolute Gasteiger partial charge is 0.393 e. The van der Waals surface area contributed by atoms with Gasteiger partial charge in [-0.25, -0.2) is 4.57 Å². The highest BCUT2D eigenvalue weighted by atomic mass is 31.2. The molecule has 0 saturated heterocycles. The second-order valence-electron chi connectivity index (χ2n) is 17.2. The Bertz CT molecular complexity index is 940. The predicted octanol–water partition coefficient (Wildman–Crippen LogP) is 13.3. The fourth-order valence-corrected chi connectivity index (χ4v) is 8.41. The molecule has 10 heteroatoms. The molecule has 0 rings (SSSR count). The summed E-state index contributed by atoms with van der Waals surface area (Å²) in [4.78, 5) is 22.8. The first-order valence-electron chi connectivity index (χ1n) is 24.9. The highest BCUT2D eigenvalue weighted by molar-refractivity contribution is 7.47. The van der Waals surface area contributed by atoms with E-state index in [4.69, 9.17) is 14.8 Å². The van der Waals surface area contributed by atoms with Crippen LogP contribution in [0, 0.1) is 0 Å². The fourth-order valence-electron chi connectivity index (χ4n) is 7.65. The number of hydrogen-bond donors (Lipinski definition) is 5. The number of hydrogen-bond acceptors (Lipinski definition) is 7. The number of carbonyl (C=O) groups excluding carboxylic acids is 1. The third kappa shape index (κ3) is 41.9. The average Bonchev–Trinajstić information content (AvgIpc) is 3.20. The number of aliphatic hydroxyl groups excluding tert-OH is 2. The lowest BCUT2D eigenvalue weighted by Gasteiger charge is -2.24. The first-order valence-corrected chi connectivity index (χ1v) is 26.4. The minimum atomic E-state index is -4.40. The van der Waals surface area contributed by atoms with Crippen LogP contribution >= 0.6 is 7.82 Å². The molecule has 4 atom stereocenters. The maximum atomic E-state index is 12.8. The van der Waals surface area contributed by atoms with Crippen molar-refractivity contribution in [2.45, 2.75) is 270 Å². The first-order chi connectivity index (χ1) is 28.3. The van der Waals surface area contributed by atoms with E-state index >= 15 is 0 Å². The van der Waals surface area contributed by atoms with E-state index in [1.54, 1.807) is 6.08 Å². The van der Waals surface area contributed by atoms with Crippen LogP contribution in [0.2, 0.25) is 0 Å². The summed E-state index contributed by atoms with van der Waals surface area (Å²) in [6.07, 6.45) is 47.3. The van der Waals surface area contributed by atoms with Crippen molar-refractivity contribution in [2.24, 2.45) is 5.73 Å². The number of nitrogens with two attached hydrogens (primary N) is 1. The SMILES string of the molecule is CCCCCCCCCCCCCCCCCCCCC/C=C/C(O)C(COP(=O)(O)OCCN)NC(=O)CC(O)CCCCCCCCCCCCCCCCC. The molecule has 0 aromatic carbocycles. The summed E-state index contributed by atoms with van der Waals surface area (Å²) in [5.74, 6) is -0.441. The predicted molar refractivity (Wildman–Crippen MR) is 246 cm³/mol. The average molecular weight is 845 g/mol. The minimum Gasteiger partial charge on any atom is -0.393 e. The van der Waals surface area contributed by atoms with Crippen LogP contribution in [-0.2, 0) is 18.4 Å². The van der Waals surface area contributed by atoms with Crippen LogP contribution < -0.4 is 11.1 Å². The maximum Gasteiger partial charge on any atom is 0.472 e. The number of nitrogens with one attached hydrogen (secondary N) is 1. The Morgan fingerprint density at radius 1 is 0.586 bits per heavy atom. The fraction of sp³-hybridized carbons (Fsp3) is 0.938. The number of carbonyl (C=O) groups is 1. The molecule has 0 bridgehead atoms. The lowest BCUT2D eigenvalue weighted by molar-refractivity contribution is -0.124. The normalized spacial score (nSPS) is 14.5. The zero-order valence-corrected chi connectivity index (χ0v) is 39.1. The first kappa shape index (κ1) is 57.2. The topological polar surface area (TPSA) is 151 Å². The number of rotatable bonds is 47. The van der Waals surface area contributed by atoms with Gasteiger partial charge in [-0.3, -0.25) is 13.8 Å². The van der Waals surface area contributed by atoms with Gasteiger partial charge in [0, 0.05) is 6.54 Å². The third-order valence-corrected chi connectivity index (χ3v) is 12.4. The van der Waals surface area contributed by atoms with Gasteiger partial charge < -0.3 is 26.2 Å². The van der Waals surface area contributed by atoms with E-state index in [1.807, 2.05) is 6.08 Å². The van der Waals surface area contributed by atoms with Crippen molar-refractivity contribution in [3.8, 4) is 0 Å². The molecule has 9 nitrogen and oxygen atoms in total. The van der Waals surface area contributed by atoms with E-state index in [0.29, 0.717) is 6.42 Å². The van der Waals surface area contributed by atoms with Crippen molar-refractivity contribution >= 4 is 13.7 Å². The summed E-state index contributed by atoms with van der Waals surface area (Å²) in [6, 6.07) is -0.978. The number of unbranched alkanes of at least 4 members (excludes halogenated alkanes) is 33. The molecule has 0 spiro atoms. The lowest BCUT2D eigenvalue weighted by atomic mass is 10.0. The van der Waals surface area contributed by atoms with Gasteiger partial charge in [0.05, 0.1) is 37.9 Å². The van der Waals surface area contributed by atoms with Gasteiger partial charge in [-0.15, -0.1) is 0 Å². The largest absolute Gasteiger partial charge is 0.472 e. The van der Waals surface area contributed by atoms with E-state index in [0.717, 1.165) is 38.5 Å². The summed E-state index contributed by atoms with van der Waals surface area (Å²) in [7, 11) is -4.40. The summed E-state index contributed by atoms with van der Waals surface area (Å²) in [5, 5.41) is 24.1. The number of aliphatic hydroxyl groups is 2. The Labute approximate surface area is 358 Å². The van der Waals surface area contributed by atoms with Gasteiger partial charge in [0.2, 0.25) is 5.91 Å². The third-order valence-electron chi connectivity index (χ3n) is 11.4. The quantitative estimate of drug-likeness (QED) is 0.0231. The Morgan fingerprint density at radius 2 is 0.948 bits per heavy atom. The van der Waals surface area contributed by atoms with E-state index in [2.05, 4.69) is 19.2 Å². The van der Waals surface area contributed by atoms with Crippen LogP contribution in [-0.4, -0.2) is 59.0 Å². The summed E-state index contributed by atoms with van der Waals surface area (Å²) in [6.45, 7) is 4.01. The summed E-state index contributed by atoms with van der Waals surface area (Å²) >= 11 is 0. The van der Waals surface area contributed by atoms with E-state index < -0.39 is 38.6 Å². The molecule has 0 fully saturated rings. The zero-order chi connectivity index (χ0) is 42.6. The van der Waals surface area contributed by atoms with Crippen molar-refractivity contribution in [1.82, 2.24) is 5.32 Å². The summed E-state index contributed by atoms with van der Waals surface area (Å²) in [5.41, 5.74) is 5.38. The Morgan fingerprint density at radius 3 is 1.33 bits per heavy atom. The van der Waals surface area contributed by atoms with Gasteiger partial charge in [0.15, 0.2) is 0 Å². The second-order valence-corrected chi connectivity index (χ2v) is 18.7. The highest BCUT2D eigenvalue weighted by Gasteiger charge is 2.27. The zero-order valence-electron chi connectivity index (χ0n) is 38.2. The molecule has 0 aliphatic heterocycles. The van der Waals surface area contributed by atoms with Gasteiger partial charge in [-0.2, -0.15) is 0 Å². The van der Waals surface area contributed by atoms with Gasteiger partial charge in [0.25, 0.3) is 0 Å². The van der Waals surface area contributed by atoms with Crippen molar-refractivity contribution in [3.05, 3.63) is 12.2 Å².